The summed E-state index contributed by atoms with van der Waals surface area (Å²) in [5, 5.41) is 2.88. The standard InChI is InChI=1S/C15H25N3O/c1-3-11-18(4-2)12-5-6-15(19)17-14-9-7-13(16)8-10-14/h7-10H,3-6,11-12,16H2,1-2H3,(H,17,19). The summed E-state index contributed by atoms with van der Waals surface area (Å²) < 4.78 is 0. The fourth-order valence-corrected chi connectivity index (χ4v) is 2.00. The number of amides is 1. The van der Waals surface area contributed by atoms with Crippen LogP contribution >= 0.6 is 0 Å². The van der Waals surface area contributed by atoms with E-state index in [9.17, 15) is 4.79 Å². The van der Waals surface area contributed by atoms with Gasteiger partial charge in [0.1, 0.15) is 0 Å². The molecule has 0 spiro atoms. The van der Waals surface area contributed by atoms with Gasteiger partial charge in [-0.25, -0.2) is 0 Å². The van der Waals surface area contributed by atoms with Gasteiger partial charge >= 0.3 is 0 Å². The number of rotatable bonds is 8. The molecular weight excluding hydrogens is 238 g/mol. The van der Waals surface area contributed by atoms with Crippen LogP contribution < -0.4 is 11.1 Å². The first-order valence-electron chi connectivity index (χ1n) is 7.03. The summed E-state index contributed by atoms with van der Waals surface area (Å²) in [5.74, 6) is 0.0670. The lowest BCUT2D eigenvalue weighted by atomic mass is 10.2. The molecule has 0 saturated heterocycles. The van der Waals surface area contributed by atoms with Gasteiger partial charge in [-0.15, -0.1) is 0 Å². The van der Waals surface area contributed by atoms with Gasteiger partial charge in [0, 0.05) is 17.8 Å². The highest BCUT2D eigenvalue weighted by atomic mass is 16.1. The Morgan fingerprint density at radius 3 is 2.47 bits per heavy atom. The molecule has 0 unspecified atom stereocenters. The maximum atomic E-state index is 11.8. The lowest BCUT2D eigenvalue weighted by Crippen LogP contribution is -2.26. The van der Waals surface area contributed by atoms with Crippen molar-refractivity contribution < 1.29 is 4.79 Å². The molecular formula is C15H25N3O. The molecule has 106 valence electrons. The molecule has 0 aliphatic rings. The van der Waals surface area contributed by atoms with Gasteiger partial charge in [0.2, 0.25) is 5.91 Å². The average molecular weight is 263 g/mol. The van der Waals surface area contributed by atoms with Gasteiger partial charge in [-0.3, -0.25) is 4.79 Å². The van der Waals surface area contributed by atoms with Gasteiger partial charge in [0.05, 0.1) is 0 Å². The number of anilines is 2. The number of carbonyl (C=O) groups excluding carboxylic acids is 1. The summed E-state index contributed by atoms with van der Waals surface area (Å²) in [5.41, 5.74) is 7.11. The molecule has 0 bridgehead atoms. The highest BCUT2D eigenvalue weighted by Gasteiger charge is 2.05. The van der Waals surface area contributed by atoms with Crippen molar-refractivity contribution in [2.75, 3.05) is 30.7 Å². The number of carbonyl (C=O) groups is 1. The molecule has 19 heavy (non-hydrogen) atoms. The Bertz CT molecular complexity index is 375. The van der Waals surface area contributed by atoms with Crippen molar-refractivity contribution >= 4 is 17.3 Å². The van der Waals surface area contributed by atoms with Crippen molar-refractivity contribution in [2.24, 2.45) is 0 Å². The molecule has 0 saturated carbocycles. The van der Waals surface area contributed by atoms with Crippen molar-refractivity contribution in [1.82, 2.24) is 4.90 Å². The predicted octanol–water partition coefficient (Wildman–Crippen LogP) is 2.72. The van der Waals surface area contributed by atoms with Crippen LogP contribution in [0.15, 0.2) is 24.3 Å². The second-order valence-corrected chi connectivity index (χ2v) is 4.71. The van der Waals surface area contributed by atoms with E-state index in [2.05, 4.69) is 24.1 Å². The molecule has 1 amide bonds. The monoisotopic (exact) mass is 263 g/mol. The van der Waals surface area contributed by atoms with E-state index in [4.69, 9.17) is 5.73 Å². The third-order valence-electron chi connectivity index (χ3n) is 3.06. The minimum absolute atomic E-state index is 0.0670. The Morgan fingerprint density at radius 1 is 1.21 bits per heavy atom. The molecule has 3 N–H and O–H groups in total. The van der Waals surface area contributed by atoms with Crippen molar-refractivity contribution in [3.8, 4) is 0 Å². The third kappa shape index (κ3) is 6.25. The van der Waals surface area contributed by atoms with E-state index in [1.54, 1.807) is 12.1 Å². The Kier molecular flexibility index (Phi) is 6.97. The van der Waals surface area contributed by atoms with Crippen molar-refractivity contribution in [3.63, 3.8) is 0 Å². The molecule has 0 atom stereocenters. The molecule has 4 nitrogen and oxygen atoms in total. The Morgan fingerprint density at radius 2 is 1.89 bits per heavy atom. The summed E-state index contributed by atoms with van der Waals surface area (Å²) in [6.45, 7) is 7.48. The van der Waals surface area contributed by atoms with Crippen LogP contribution in [0, 0.1) is 0 Å². The fraction of sp³-hybridized carbons (Fsp3) is 0.533. The number of nitrogens with two attached hydrogens (primary N) is 1. The van der Waals surface area contributed by atoms with Crippen LogP contribution in [0.25, 0.3) is 0 Å². The van der Waals surface area contributed by atoms with Gasteiger partial charge < -0.3 is 16.0 Å². The van der Waals surface area contributed by atoms with E-state index in [1.165, 1.54) is 0 Å². The molecule has 0 aliphatic heterocycles. The van der Waals surface area contributed by atoms with E-state index in [0.717, 1.165) is 38.2 Å². The maximum Gasteiger partial charge on any atom is 0.224 e. The average Bonchev–Trinajstić information content (AvgIpc) is 2.40. The zero-order chi connectivity index (χ0) is 14.1. The normalized spacial score (nSPS) is 10.7. The molecule has 4 heteroatoms. The first kappa shape index (κ1) is 15.5. The van der Waals surface area contributed by atoms with Crippen LogP contribution in [-0.4, -0.2) is 30.4 Å². The Hall–Kier alpha value is -1.55. The van der Waals surface area contributed by atoms with Crippen LogP contribution in [0.4, 0.5) is 11.4 Å². The summed E-state index contributed by atoms with van der Waals surface area (Å²) in [7, 11) is 0. The van der Waals surface area contributed by atoms with Gasteiger partial charge in [-0.2, -0.15) is 0 Å². The lowest BCUT2D eigenvalue weighted by Gasteiger charge is -2.18. The zero-order valence-corrected chi connectivity index (χ0v) is 12.0. The second kappa shape index (κ2) is 8.53. The summed E-state index contributed by atoms with van der Waals surface area (Å²) in [6.07, 6.45) is 2.62. The first-order chi connectivity index (χ1) is 9.15. The largest absolute Gasteiger partial charge is 0.399 e. The Labute approximate surface area is 116 Å². The third-order valence-corrected chi connectivity index (χ3v) is 3.06. The van der Waals surface area contributed by atoms with Crippen LogP contribution in [0.2, 0.25) is 0 Å². The smallest absolute Gasteiger partial charge is 0.224 e. The second-order valence-electron chi connectivity index (χ2n) is 4.71. The van der Waals surface area contributed by atoms with Crippen LogP contribution in [0.1, 0.15) is 33.1 Å². The van der Waals surface area contributed by atoms with Crippen molar-refractivity contribution in [2.45, 2.75) is 33.1 Å². The number of nitrogens with zero attached hydrogens (tertiary/aromatic N) is 1. The topological polar surface area (TPSA) is 58.4 Å². The fourth-order valence-electron chi connectivity index (χ4n) is 2.00. The molecule has 0 fully saturated rings. The molecule has 0 aliphatic carbocycles. The van der Waals surface area contributed by atoms with Gasteiger partial charge in [0.25, 0.3) is 0 Å². The predicted molar refractivity (Wildman–Crippen MR) is 81.1 cm³/mol. The maximum absolute atomic E-state index is 11.8. The van der Waals surface area contributed by atoms with E-state index >= 15 is 0 Å². The minimum atomic E-state index is 0.0670. The quantitative estimate of drug-likeness (QED) is 0.709. The molecule has 0 heterocycles. The van der Waals surface area contributed by atoms with E-state index in [-0.39, 0.29) is 5.91 Å². The van der Waals surface area contributed by atoms with Crippen molar-refractivity contribution in [3.05, 3.63) is 24.3 Å². The number of hydrogen-bond donors (Lipinski definition) is 2. The summed E-state index contributed by atoms with van der Waals surface area (Å²) >= 11 is 0. The molecule has 0 aromatic heterocycles. The van der Waals surface area contributed by atoms with Gasteiger partial charge in [0.15, 0.2) is 0 Å². The SMILES string of the molecule is CCCN(CC)CCCC(=O)Nc1ccc(N)cc1. The van der Waals surface area contributed by atoms with Crippen LogP contribution in [0.5, 0.6) is 0 Å². The molecule has 1 aromatic carbocycles. The number of nitrogen functional groups attached to an aromatic ring is 1. The highest BCUT2D eigenvalue weighted by Crippen LogP contribution is 2.11. The molecule has 1 aromatic rings. The van der Waals surface area contributed by atoms with E-state index < -0.39 is 0 Å². The number of benzene rings is 1. The highest BCUT2D eigenvalue weighted by molar-refractivity contribution is 5.90. The number of nitrogens with one attached hydrogen (secondary N) is 1. The van der Waals surface area contributed by atoms with Crippen LogP contribution in [0.3, 0.4) is 0 Å². The number of hydrogen-bond acceptors (Lipinski definition) is 3. The first-order valence-corrected chi connectivity index (χ1v) is 7.03. The van der Waals surface area contributed by atoms with Crippen molar-refractivity contribution in [1.29, 1.82) is 0 Å². The summed E-state index contributed by atoms with van der Waals surface area (Å²) in [6, 6.07) is 7.22. The lowest BCUT2D eigenvalue weighted by molar-refractivity contribution is -0.116. The molecule has 1 rings (SSSR count). The Balaban J connectivity index is 2.26. The van der Waals surface area contributed by atoms with E-state index in [0.29, 0.717) is 12.1 Å². The van der Waals surface area contributed by atoms with E-state index in [1.807, 2.05) is 12.1 Å². The van der Waals surface area contributed by atoms with Gasteiger partial charge in [-0.1, -0.05) is 13.8 Å². The molecule has 0 radical (unpaired) electrons. The zero-order valence-electron chi connectivity index (χ0n) is 12.0. The summed E-state index contributed by atoms with van der Waals surface area (Å²) in [4.78, 5) is 14.1. The van der Waals surface area contributed by atoms with Crippen LogP contribution in [-0.2, 0) is 4.79 Å². The minimum Gasteiger partial charge on any atom is -0.399 e. The van der Waals surface area contributed by atoms with Gasteiger partial charge in [-0.05, 0) is 56.7 Å².